The SMILES string of the molecule is C[C@@H]1Cc2nn3c(c2CN1C(=O)O)C(=O)N(C)CC1(CC(=O)C1)C3. The zero-order valence-corrected chi connectivity index (χ0v) is 13.8. The second-order valence-corrected chi connectivity index (χ2v) is 7.45. The standard InChI is InChI=1S/C16H20N4O4/c1-9-3-12-11(6-19(9)15(23)24)13-14(22)18(2)7-16(4-10(21)5-16)8-20(13)17-12/h9H,3-8H2,1-2H3,(H,23,24)/t9-/m1/s1. The Hall–Kier alpha value is -2.38. The molecule has 1 N–H and O–H groups in total. The first-order valence-corrected chi connectivity index (χ1v) is 8.15. The quantitative estimate of drug-likeness (QED) is 0.756. The highest BCUT2D eigenvalue weighted by Gasteiger charge is 2.49. The van der Waals surface area contributed by atoms with Crippen molar-refractivity contribution in [3.63, 3.8) is 0 Å². The summed E-state index contributed by atoms with van der Waals surface area (Å²) in [7, 11) is 1.74. The third-order valence-corrected chi connectivity index (χ3v) is 5.48. The van der Waals surface area contributed by atoms with E-state index in [-0.39, 0.29) is 29.7 Å². The van der Waals surface area contributed by atoms with Crippen molar-refractivity contribution in [2.45, 2.75) is 45.3 Å². The Bertz CT molecular complexity index is 760. The Morgan fingerprint density at radius 3 is 2.62 bits per heavy atom. The van der Waals surface area contributed by atoms with Gasteiger partial charge in [-0.05, 0) is 6.92 Å². The summed E-state index contributed by atoms with van der Waals surface area (Å²) in [6.45, 7) is 3.11. The molecule has 3 heterocycles. The fraction of sp³-hybridized carbons (Fsp3) is 0.625. The minimum atomic E-state index is -0.983. The van der Waals surface area contributed by atoms with Crippen LogP contribution in [-0.2, 0) is 24.3 Å². The molecule has 24 heavy (non-hydrogen) atoms. The molecule has 4 rings (SSSR count). The number of carbonyl (C=O) groups excluding carboxylic acids is 2. The average Bonchev–Trinajstić information content (AvgIpc) is 2.75. The van der Waals surface area contributed by atoms with E-state index in [1.54, 1.807) is 16.6 Å². The highest BCUT2D eigenvalue weighted by Crippen LogP contribution is 2.43. The molecule has 1 aromatic rings. The molecule has 1 atom stereocenters. The Morgan fingerprint density at radius 1 is 1.29 bits per heavy atom. The summed E-state index contributed by atoms with van der Waals surface area (Å²) >= 11 is 0. The molecule has 8 heteroatoms. The number of amides is 2. The number of nitrogens with zero attached hydrogens (tertiary/aromatic N) is 4. The third kappa shape index (κ3) is 2.05. The van der Waals surface area contributed by atoms with Crippen LogP contribution in [-0.4, -0.2) is 62.1 Å². The molecule has 2 amide bonds. The summed E-state index contributed by atoms with van der Waals surface area (Å²) in [6, 6.07) is -0.166. The molecule has 1 aromatic heterocycles. The van der Waals surface area contributed by atoms with E-state index in [4.69, 9.17) is 0 Å². The molecule has 1 fully saturated rings. The maximum atomic E-state index is 12.9. The molecule has 128 valence electrons. The molecule has 0 radical (unpaired) electrons. The lowest BCUT2D eigenvalue weighted by Crippen LogP contribution is -2.47. The maximum absolute atomic E-state index is 12.9. The van der Waals surface area contributed by atoms with E-state index < -0.39 is 6.09 Å². The Balaban J connectivity index is 1.77. The van der Waals surface area contributed by atoms with Gasteiger partial charge in [0.2, 0.25) is 0 Å². The molecule has 0 unspecified atom stereocenters. The van der Waals surface area contributed by atoms with Gasteiger partial charge in [0.25, 0.3) is 5.91 Å². The van der Waals surface area contributed by atoms with Crippen molar-refractivity contribution >= 4 is 17.8 Å². The van der Waals surface area contributed by atoms with Gasteiger partial charge in [-0.2, -0.15) is 5.10 Å². The molecule has 1 saturated carbocycles. The second kappa shape index (κ2) is 4.81. The molecular formula is C16H20N4O4. The maximum Gasteiger partial charge on any atom is 0.407 e. The van der Waals surface area contributed by atoms with Gasteiger partial charge >= 0.3 is 6.09 Å². The summed E-state index contributed by atoms with van der Waals surface area (Å²) in [6.07, 6.45) is 0.479. The number of ketones is 1. The lowest BCUT2D eigenvalue weighted by molar-refractivity contribution is -0.134. The van der Waals surface area contributed by atoms with Gasteiger partial charge in [-0.15, -0.1) is 0 Å². The molecule has 8 nitrogen and oxygen atoms in total. The first kappa shape index (κ1) is 15.2. The predicted molar refractivity (Wildman–Crippen MR) is 82.6 cm³/mol. The summed E-state index contributed by atoms with van der Waals surface area (Å²) in [4.78, 5) is 38.8. The summed E-state index contributed by atoms with van der Waals surface area (Å²) in [5.74, 6) is 0.0850. The van der Waals surface area contributed by atoms with E-state index in [1.807, 2.05) is 6.92 Å². The number of fused-ring (bicyclic) bond motifs is 3. The Morgan fingerprint density at radius 2 is 2.00 bits per heavy atom. The van der Waals surface area contributed by atoms with Crippen molar-refractivity contribution in [3.05, 3.63) is 17.0 Å². The van der Waals surface area contributed by atoms with Gasteiger partial charge in [0.15, 0.2) is 0 Å². The first-order chi connectivity index (χ1) is 11.3. The molecule has 3 aliphatic rings. The molecule has 1 aliphatic carbocycles. The Kier molecular flexibility index (Phi) is 3.04. The van der Waals surface area contributed by atoms with E-state index in [0.29, 0.717) is 38.0 Å². The van der Waals surface area contributed by atoms with Crippen LogP contribution in [0, 0.1) is 5.41 Å². The number of carboxylic acid groups (broad SMARTS) is 1. The summed E-state index contributed by atoms with van der Waals surface area (Å²) < 4.78 is 1.72. The third-order valence-electron chi connectivity index (χ3n) is 5.48. The number of carbonyl (C=O) groups is 3. The van der Waals surface area contributed by atoms with E-state index in [0.717, 1.165) is 11.3 Å². The van der Waals surface area contributed by atoms with Gasteiger partial charge in [0.1, 0.15) is 11.5 Å². The van der Waals surface area contributed by atoms with Crippen molar-refractivity contribution in [1.29, 1.82) is 0 Å². The van der Waals surface area contributed by atoms with Crippen molar-refractivity contribution in [3.8, 4) is 0 Å². The minimum Gasteiger partial charge on any atom is -0.465 e. The number of rotatable bonds is 0. The molecule has 2 aliphatic heterocycles. The van der Waals surface area contributed by atoms with Crippen LogP contribution in [0.5, 0.6) is 0 Å². The minimum absolute atomic E-state index is 0.139. The monoisotopic (exact) mass is 332 g/mol. The summed E-state index contributed by atoms with van der Waals surface area (Å²) in [5.41, 5.74) is 1.79. The van der Waals surface area contributed by atoms with Gasteiger partial charge in [-0.3, -0.25) is 14.3 Å². The van der Waals surface area contributed by atoms with Crippen LogP contribution in [0.4, 0.5) is 4.79 Å². The fourth-order valence-corrected chi connectivity index (χ4v) is 4.34. The van der Waals surface area contributed by atoms with Crippen molar-refractivity contribution < 1.29 is 19.5 Å². The highest BCUT2D eigenvalue weighted by molar-refractivity contribution is 5.95. The predicted octanol–water partition coefficient (Wildman–Crippen LogP) is 0.743. The number of aromatic nitrogens is 2. The molecule has 0 aromatic carbocycles. The zero-order chi connectivity index (χ0) is 17.2. The molecule has 1 spiro atoms. The van der Waals surface area contributed by atoms with E-state index in [9.17, 15) is 19.5 Å². The van der Waals surface area contributed by atoms with Gasteiger partial charge in [0.05, 0.1) is 18.8 Å². The van der Waals surface area contributed by atoms with Crippen LogP contribution >= 0.6 is 0 Å². The van der Waals surface area contributed by atoms with Crippen LogP contribution in [0.3, 0.4) is 0 Å². The number of hydrogen-bond donors (Lipinski definition) is 1. The largest absolute Gasteiger partial charge is 0.465 e. The van der Waals surface area contributed by atoms with Crippen LogP contribution in [0.15, 0.2) is 0 Å². The van der Waals surface area contributed by atoms with Crippen LogP contribution < -0.4 is 0 Å². The first-order valence-electron chi connectivity index (χ1n) is 8.15. The van der Waals surface area contributed by atoms with Crippen molar-refractivity contribution in [2.75, 3.05) is 13.6 Å². The average molecular weight is 332 g/mol. The summed E-state index contributed by atoms with van der Waals surface area (Å²) in [5, 5.41) is 14.0. The van der Waals surface area contributed by atoms with Crippen LogP contribution in [0.25, 0.3) is 0 Å². The zero-order valence-electron chi connectivity index (χ0n) is 13.8. The smallest absolute Gasteiger partial charge is 0.407 e. The highest BCUT2D eigenvalue weighted by atomic mass is 16.4. The van der Waals surface area contributed by atoms with Gasteiger partial charge in [-0.1, -0.05) is 0 Å². The lowest BCUT2D eigenvalue weighted by Gasteiger charge is -2.41. The molecular weight excluding hydrogens is 312 g/mol. The van der Waals surface area contributed by atoms with E-state index in [1.165, 1.54) is 4.90 Å². The van der Waals surface area contributed by atoms with Crippen molar-refractivity contribution in [2.24, 2.45) is 5.41 Å². The lowest BCUT2D eigenvalue weighted by atomic mass is 9.67. The topological polar surface area (TPSA) is 95.7 Å². The molecule has 0 saturated heterocycles. The van der Waals surface area contributed by atoms with Crippen LogP contribution in [0.2, 0.25) is 0 Å². The second-order valence-electron chi connectivity index (χ2n) is 7.45. The Labute approximate surface area is 139 Å². The van der Waals surface area contributed by atoms with Gasteiger partial charge in [0, 0.05) is 49.9 Å². The number of hydrogen-bond acceptors (Lipinski definition) is 4. The normalized spacial score (nSPS) is 25.2. The van der Waals surface area contributed by atoms with Crippen LogP contribution in [0.1, 0.15) is 41.5 Å². The fourth-order valence-electron chi connectivity index (χ4n) is 4.34. The van der Waals surface area contributed by atoms with Crippen molar-refractivity contribution in [1.82, 2.24) is 19.6 Å². The van der Waals surface area contributed by atoms with E-state index >= 15 is 0 Å². The number of Topliss-reactive ketones (excluding diaryl/α,β-unsaturated/α-hetero) is 1. The van der Waals surface area contributed by atoms with Gasteiger partial charge in [-0.25, -0.2) is 4.79 Å². The molecule has 0 bridgehead atoms. The van der Waals surface area contributed by atoms with Gasteiger partial charge < -0.3 is 14.9 Å². The van der Waals surface area contributed by atoms with E-state index in [2.05, 4.69) is 5.10 Å².